The second-order valence-corrected chi connectivity index (χ2v) is 5.51. The van der Waals surface area contributed by atoms with Gasteiger partial charge in [-0.15, -0.1) is 0 Å². The van der Waals surface area contributed by atoms with Crippen LogP contribution in [0.25, 0.3) is 0 Å². The summed E-state index contributed by atoms with van der Waals surface area (Å²) in [4.78, 5) is 11.5. The lowest BCUT2D eigenvalue weighted by molar-refractivity contribution is 0.0521. The number of hydrogen-bond acceptors (Lipinski definition) is 4. The molecule has 0 aromatic rings. The lowest BCUT2D eigenvalue weighted by Crippen LogP contribution is -2.46. The molecular formula is C13H28N2O3. The highest BCUT2D eigenvalue weighted by atomic mass is 16.6. The molecule has 0 radical (unpaired) electrons. The highest BCUT2D eigenvalue weighted by Crippen LogP contribution is 2.06. The van der Waals surface area contributed by atoms with Crippen LogP contribution in [0.3, 0.4) is 0 Å². The first-order valence-electron chi connectivity index (χ1n) is 6.50. The summed E-state index contributed by atoms with van der Waals surface area (Å²) in [5.41, 5.74) is -0.456. The summed E-state index contributed by atoms with van der Waals surface area (Å²) < 4.78 is 10.3. The largest absolute Gasteiger partial charge is 0.444 e. The van der Waals surface area contributed by atoms with E-state index in [0.29, 0.717) is 19.2 Å². The Morgan fingerprint density at radius 2 is 1.94 bits per heavy atom. The topological polar surface area (TPSA) is 59.6 Å². The van der Waals surface area contributed by atoms with Crippen molar-refractivity contribution >= 4 is 6.09 Å². The summed E-state index contributed by atoms with van der Waals surface area (Å²) in [6.07, 6.45) is 0.612. The van der Waals surface area contributed by atoms with E-state index in [2.05, 4.69) is 17.6 Å². The Labute approximate surface area is 111 Å². The Hall–Kier alpha value is -0.810. The van der Waals surface area contributed by atoms with Crippen LogP contribution < -0.4 is 10.6 Å². The number of ether oxygens (including phenoxy) is 2. The van der Waals surface area contributed by atoms with Crippen molar-refractivity contribution in [2.24, 2.45) is 0 Å². The molecule has 5 heteroatoms. The molecule has 0 aromatic heterocycles. The lowest BCUT2D eigenvalue weighted by Gasteiger charge is -2.23. The predicted octanol–water partition coefficient (Wildman–Crippen LogP) is 1.91. The maximum atomic E-state index is 11.5. The summed E-state index contributed by atoms with van der Waals surface area (Å²) in [7, 11) is 1.69. The van der Waals surface area contributed by atoms with Crippen molar-refractivity contribution in [2.45, 2.75) is 58.7 Å². The van der Waals surface area contributed by atoms with Gasteiger partial charge in [-0.3, -0.25) is 0 Å². The minimum atomic E-state index is -0.456. The van der Waals surface area contributed by atoms with E-state index >= 15 is 0 Å². The molecule has 0 fully saturated rings. The van der Waals surface area contributed by atoms with Gasteiger partial charge >= 0.3 is 6.09 Å². The maximum Gasteiger partial charge on any atom is 0.407 e. The number of rotatable bonds is 7. The smallest absolute Gasteiger partial charge is 0.407 e. The van der Waals surface area contributed by atoms with Crippen molar-refractivity contribution in [3.63, 3.8) is 0 Å². The standard InChI is InChI=1S/C13H28N2O3/c1-7-11(9-17-6)15-10(2)8-14-12(16)18-13(3,4)5/h10-11,15H,7-9H2,1-6H3,(H,14,16). The predicted molar refractivity (Wildman–Crippen MR) is 72.8 cm³/mol. The van der Waals surface area contributed by atoms with Gasteiger partial charge in [-0.25, -0.2) is 4.79 Å². The molecule has 0 aliphatic rings. The molecular weight excluding hydrogens is 232 g/mol. The van der Waals surface area contributed by atoms with Crippen molar-refractivity contribution in [1.82, 2.24) is 10.6 Å². The maximum absolute atomic E-state index is 11.5. The number of methoxy groups -OCH3 is 1. The minimum absolute atomic E-state index is 0.178. The SMILES string of the molecule is CCC(COC)NC(C)CNC(=O)OC(C)(C)C. The zero-order valence-electron chi connectivity index (χ0n) is 12.5. The molecule has 0 saturated carbocycles. The number of carbonyl (C=O) groups is 1. The first kappa shape index (κ1) is 17.2. The fourth-order valence-corrected chi connectivity index (χ4v) is 1.50. The van der Waals surface area contributed by atoms with Gasteiger partial charge in [-0.05, 0) is 34.1 Å². The van der Waals surface area contributed by atoms with Crippen molar-refractivity contribution in [3.8, 4) is 0 Å². The molecule has 0 saturated heterocycles. The van der Waals surface area contributed by atoms with Crippen LogP contribution in [0.2, 0.25) is 0 Å². The molecule has 0 spiro atoms. The summed E-state index contributed by atoms with van der Waals surface area (Å²) in [5.74, 6) is 0. The molecule has 2 N–H and O–H groups in total. The van der Waals surface area contributed by atoms with Crippen LogP contribution in [0.4, 0.5) is 4.79 Å². The van der Waals surface area contributed by atoms with Crippen molar-refractivity contribution < 1.29 is 14.3 Å². The van der Waals surface area contributed by atoms with Gasteiger partial charge in [0.15, 0.2) is 0 Å². The van der Waals surface area contributed by atoms with Gasteiger partial charge in [0.2, 0.25) is 0 Å². The molecule has 0 bridgehead atoms. The zero-order valence-corrected chi connectivity index (χ0v) is 12.5. The van der Waals surface area contributed by atoms with Gasteiger partial charge in [0.25, 0.3) is 0 Å². The molecule has 0 rings (SSSR count). The van der Waals surface area contributed by atoms with Crippen LogP contribution in [0.15, 0.2) is 0 Å². The average molecular weight is 260 g/mol. The Morgan fingerprint density at radius 3 is 2.39 bits per heavy atom. The third kappa shape index (κ3) is 9.24. The van der Waals surface area contributed by atoms with Crippen LogP contribution in [0.1, 0.15) is 41.0 Å². The summed E-state index contributed by atoms with van der Waals surface area (Å²) >= 11 is 0. The van der Waals surface area contributed by atoms with Gasteiger partial charge in [-0.2, -0.15) is 0 Å². The third-order valence-corrected chi connectivity index (χ3v) is 2.33. The zero-order chi connectivity index (χ0) is 14.2. The first-order valence-corrected chi connectivity index (χ1v) is 6.50. The highest BCUT2D eigenvalue weighted by molar-refractivity contribution is 5.67. The van der Waals surface area contributed by atoms with Crippen LogP contribution >= 0.6 is 0 Å². The van der Waals surface area contributed by atoms with Gasteiger partial charge in [0.1, 0.15) is 5.60 Å². The quantitative estimate of drug-likeness (QED) is 0.734. The number of nitrogens with one attached hydrogen (secondary N) is 2. The Kier molecular flexibility index (Phi) is 7.95. The number of carbonyl (C=O) groups excluding carboxylic acids is 1. The molecule has 108 valence electrons. The number of hydrogen-bond donors (Lipinski definition) is 2. The van der Waals surface area contributed by atoms with E-state index in [1.165, 1.54) is 0 Å². The lowest BCUT2D eigenvalue weighted by atomic mass is 10.2. The second kappa shape index (κ2) is 8.32. The van der Waals surface area contributed by atoms with Crippen LogP contribution in [-0.2, 0) is 9.47 Å². The third-order valence-electron chi connectivity index (χ3n) is 2.33. The van der Waals surface area contributed by atoms with Crippen molar-refractivity contribution in [2.75, 3.05) is 20.3 Å². The Balaban J connectivity index is 3.88. The van der Waals surface area contributed by atoms with Crippen LogP contribution in [0.5, 0.6) is 0 Å². The minimum Gasteiger partial charge on any atom is -0.444 e. The molecule has 5 nitrogen and oxygen atoms in total. The van der Waals surface area contributed by atoms with Crippen LogP contribution in [-0.4, -0.2) is 44.0 Å². The molecule has 0 aliphatic heterocycles. The van der Waals surface area contributed by atoms with E-state index in [-0.39, 0.29) is 12.1 Å². The Morgan fingerprint density at radius 1 is 1.33 bits per heavy atom. The molecule has 0 aromatic carbocycles. The number of alkyl carbamates (subject to hydrolysis) is 1. The molecule has 0 aliphatic carbocycles. The molecule has 0 heterocycles. The van der Waals surface area contributed by atoms with Gasteiger partial charge in [0, 0.05) is 25.7 Å². The van der Waals surface area contributed by atoms with Crippen LogP contribution in [0, 0.1) is 0 Å². The van der Waals surface area contributed by atoms with E-state index in [1.807, 2.05) is 27.7 Å². The Bertz CT molecular complexity index is 239. The highest BCUT2D eigenvalue weighted by Gasteiger charge is 2.17. The summed E-state index contributed by atoms with van der Waals surface area (Å²) in [6, 6.07) is 0.489. The van der Waals surface area contributed by atoms with Gasteiger partial charge < -0.3 is 20.1 Å². The van der Waals surface area contributed by atoms with E-state index < -0.39 is 5.60 Å². The fourth-order valence-electron chi connectivity index (χ4n) is 1.50. The molecule has 2 atom stereocenters. The summed E-state index contributed by atoms with van der Waals surface area (Å²) in [6.45, 7) is 10.9. The molecule has 18 heavy (non-hydrogen) atoms. The van der Waals surface area contributed by atoms with Crippen molar-refractivity contribution in [3.05, 3.63) is 0 Å². The summed E-state index contributed by atoms with van der Waals surface area (Å²) in [5, 5.41) is 6.14. The first-order chi connectivity index (χ1) is 8.28. The van der Waals surface area contributed by atoms with E-state index in [4.69, 9.17) is 9.47 Å². The second-order valence-electron chi connectivity index (χ2n) is 5.51. The normalized spacial score (nSPS) is 15.0. The number of amides is 1. The van der Waals surface area contributed by atoms with Gasteiger partial charge in [-0.1, -0.05) is 6.92 Å². The average Bonchev–Trinajstić information content (AvgIpc) is 2.23. The van der Waals surface area contributed by atoms with Crippen molar-refractivity contribution in [1.29, 1.82) is 0 Å². The molecule has 2 unspecified atom stereocenters. The van der Waals surface area contributed by atoms with E-state index in [9.17, 15) is 4.79 Å². The molecule has 1 amide bonds. The fraction of sp³-hybridized carbons (Fsp3) is 0.923. The monoisotopic (exact) mass is 260 g/mol. The van der Waals surface area contributed by atoms with Gasteiger partial charge in [0.05, 0.1) is 6.61 Å². The van der Waals surface area contributed by atoms with E-state index in [0.717, 1.165) is 6.42 Å². The van der Waals surface area contributed by atoms with E-state index in [1.54, 1.807) is 7.11 Å².